The van der Waals surface area contributed by atoms with Gasteiger partial charge < -0.3 is 15.4 Å². The van der Waals surface area contributed by atoms with Gasteiger partial charge in [-0.3, -0.25) is 0 Å². The van der Waals surface area contributed by atoms with Crippen LogP contribution < -0.4 is 15.4 Å². The third kappa shape index (κ3) is 8.31. The molecular weight excluding hydrogens is 394 g/mol. The third-order valence-corrected chi connectivity index (χ3v) is 5.83. The van der Waals surface area contributed by atoms with E-state index in [4.69, 9.17) is 4.74 Å². The molecule has 0 spiro atoms. The second kappa shape index (κ2) is 9.96. The molecule has 1 aliphatic carbocycles. The molecule has 1 saturated carbocycles. The van der Waals surface area contributed by atoms with E-state index in [1.807, 2.05) is 0 Å². The standard InChI is InChI=1S/C20H31N3O5S/c1-20(2,3)28-19(25)21-14-13-15-9-11-17(12-10-15)29(26,27)23-18(24)22-16-7-5-4-6-8-16/h9-12,16H,4-8,13-14H2,1-3H3,(H,21,25)(H2,22,23,24). The predicted octanol–water partition coefficient (Wildman–Crippen LogP) is 3.07. The fourth-order valence-electron chi connectivity index (χ4n) is 3.10. The van der Waals surface area contributed by atoms with Crippen LogP contribution in [0.15, 0.2) is 29.2 Å². The zero-order valence-corrected chi connectivity index (χ0v) is 18.1. The average Bonchev–Trinajstić information content (AvgIpc) is 2.61. The molecule has 162 valence electrons. The van der Waals surface area contributed by atoms with Crippen LogP contribution in [0.4, 0.5) is 9.59 Å². The van der Waals surface area contributed by atoms with Crippen LogP contribution in [0.25, 0.3) is 0 Å². The minimum Gasteiger partial charge on any atom is -0.444 e. The highest BCUT2D eigenvalue weighted by atomic mass is 32.2. The first kappa shape index (κ1) is 23.0. The summed E-state index contributed by atoms with van der Waals surface area (Å²) >= 11 is 0. The molecule has 1 aromatic carbocycles. The van der Waals surface area contributed by atoms with Crippen LogP contribution in [0.5, 0.6) is 0 Å². The van der Waals surface area contributed by atoms with E-state index in [9.17, 15) is 18.0 Å². The number of benzene rings is 1. The summed E-state index contributed by atoms with van der Waals surface area (Å²) in [4.78, 5) is 23.7. The largest absolute Gasteiger partial charge is 0.444 e. The number of carbonyl (C=O) groups excluding carboxylic acids is 2. The van der Waals surface area contributed by atoms with Crippen LogP contribution in [0.2, 0.25) is 0 Å². The van der Waals surface area contributed by atoms with Gasteiger partial charge in [0.2, 0.25) is 0 Å². The molecule has 0 heterocycles. The van der Waals surface area contributed by atoms with Crippen LogP contribution in [-0.4, -0.2) is 38.7 Å². The van der Waals surface area contributed by atoms with Crippen molar-refractivity contribution in [1.29, 1.82) is 0 Å². The van der Waals surface area contributed by atoms with Gasteiger partial charge in [0.25, 0.3) is 10.0 Å². The number of amides is 3. The predicted molar refractivity (Wildman–Crippen MR) is 110 cm³/mol. The van der Waals surface area contributed by atoms with Crippen LogP contribution in [0.3, 0.4) is 0 Å². The van der Waals surface area contributed by atoms with Crippen molar-refractivity contribution in [3.05, 3.63) is 29.8 Å². The van der Waals surface area contributed by atoms with Crippen molar-refractivity contribution in [2.75, 3.05) is 6.54 Å². The fraction of sp³-hybridized carbons (Fsp3) is 0.600. The highest BCUT2D eigenvalue weighted by Gasteiger charge is 2.21. The van der Waals surface area contributed by atoms with E-state index < -0.39 is 27.7 Å². The molecule has 0 aliphatic heterocycles. The van der Waals surface area contributed by atoms with Gasteiger partial charge in [-0.2, -0.15) is 0 Å². The topological polar surface area (TPSA) is 114 Å². The molecule has 3 amide bonds. The number of hydrogen-bond acceptors (Lipinski definition) is 5. The Balaban J connectivity index is 1.83. The highest BCUT2D eigenvalue weighted by Crippen LogP contribution is 2.17. The molecule has 0 atom stereocenters. The summed E-state index contributed by atoms with van der Waals surface area (Å²) in [5.41, 5.74) is 0.294. The van der Waals surface area contributed by atoms with Crippen molar-refractivity contribution in [1.82, 2.24) is 15.4 Å². The molecule has 0 bridgehead atoms. The van der Waals surface area contributed by atoms with E-state index in [0.717, 1.165) is 37.7 Å². The molecule has 2 rings (SSSR count). The van der Waals surface area contributed by atoms with Crippen LogP contribution >= 0.6 is 0 Å². The molecule has 29 heavy (non-hydrogen) atoms. The zero-order valence-electron chi connectivity index (χ0n) is 17.3. The number of urea groups is 1. The summed E-state index contributed by atoms with van der Waals surface area (Å²) in [5.74, 6) is 0. The third-order valence-electron chi connectivity index (χ3n) is 4.48. The Morgan fingerprint density at radius 3 is 2.28 bits per heavy atom. The maximum Gasteiger partial charge on any atom is 0.407 e. The number of nitrogens with one attached hydrogen (secondary N) is 3. The summed E-state index contributed by atoms with van der Waals surface area (Å²) in [6.07, 6.45) is 5.01. The molecular formula is C20H31N3O5S. The van der Waals surface area contributed by atoms with E-state index in [2.05, 4.69) is 15.4 Å². The molecule has 8 nitrogen and oxygen atoms in total. The van der Waals surface area contributed by atoms with Crippen molar-refractivity contribution in [3.63, 3.8) is 0 Å². The van der Waals surface area contributed by atoms with Gasteiger partial charge in [-0.15, -0.1) is 0 Å². The number of carbonyl (C=O) groups is 2. The Morgan fingerprint density at radius 2 is 1.69 bits per heavy atom. The number of sulfonamides is 1. The number of rotatable bonds is 6. The molecule has 9 heteroatoms. The van der Waals surface area contributed by atoms with Crippen LogP contribution in [0, 0.1) is 0 Å². The Bertz CT molecular complexity index is 794. The van der Waals surface area contributed by atoms with Crippen LogP contribution in [-0.2, 0) is 21.2 Å². The van der Waals surface area contributed by atoms with E-state index in [1.165, 1.54) is 12.1 Å². The van der Waals surface area contributed by atoms with Gasteiger partial charge in [-0.25, -0.2) is 22.7 Å². The first-order valence-electron chi connectivity index (χ1n) is 9.94. The van der Waals surface area contributed by atoms with Gasteiger partial charge in [0.1, 0.15) is 5.60 Å². The lowest BCUT2D eigenvalue weighted by molar-refractivity contribution is 0.0528. The quantitative estimate of drug-likeness (QED) is 0.648. The summed E-state index contributed by atoms with van der Waals surface area (Å²) in [6.45, 7) is 5.72. The fourth-order valence-corrected chi connectivity index (χ4v) is 4.02. The van der Waals surface area contributed by atoms with Crippen LogP contribution in [0.1, 0.15) is 58.4 Å². The van der Waals surface area contributed by atoms with Crippen molar-refractivity contribution in [2.45, 2.75) is 75.8 Å². The Morgan fingerprint density at radius 1 is 1.07 bits per heavy atom. The lowest BCUT2D eigenvalue weighted by atomic mass is 9.96. The van der Waals surface area contributed by atoms with Crippen molar-refractivity contribution < 1.29 is 22.7 Å². The average molecular weight is 426 g/mol. The normalized spacial score (nSPS) is 15.4. The van der Waals surface area contributed by atoms with Crippen molar-refractivity contribution >= 4 is 22.1 Å². The molecule has 0 radical (unpaired) electrons. The summed E-state index contributed by atoms with van der Waals surface area (Å²) in [6, 6.07) is 5.54. The number of alkyl carbamates (subject to hydrolysis) is 1. The van der Waals surface area contributed by atoms with E-state index in [1.54, 1.807) is 32.9 Å². The van der Waals surface area contributed by atoms with Gasteiger partial charge in [0.05, 0.1) is 4.90 Å². The molecule has 3 N–H and O–H groups in total. The minimum absolute atomic E-state index is 0.0140. The molecule has 0 saturated heterocycles. The SMILES string of the molecule is CC(C)(C)OC(=O)NCCc1ccc(S(=O)(=O)NC(=O)NC2CCCCC2)cc1. The van der Waals surface area contributed by atoms with Gasteiger partial charge in [0.15, 0.2) is 0 Å². The Labute approximate surface area is 172 Å². The molecule has 1 aliphatic rings. The summed E-state index contributed by atoms with van der Waals surface area (Å²) in [7, 11) is -3.93. The maximum atomic E-state index is 12.4. The van der Waals surface area contributed by atoms with Gasteiger partial charge >= 0.3 is 12.1 Å². The molecule has 1 aromatic rings. The zero-order chi connectivity index (χ0) is 21.5. The second-order valence-corrected chi connectivity index (χ2v) is 9.92. The van der Waals surface area contributed by atoms with Gasteiger partial charge in [0, 0.05) is 12.6 Å². The summed E-state index contributed by atoms with van der Waals surface area (Å²) < 4.78 is 32.0. The molecule has 0 unspecified atom stereocenters. The second-order valence-electron chi connectivity index (χ2n) is 8.24. The number of ether oxygens (including phenoxy) is 1. The van der Waals surface area contributed by atoms with Gasteiger partial charge in [-0.1, -0.05) is 31.4 Å². The molecule has 0 aromatic heterocycles. The summed E-state index contributed by atoms with van der Waals surface area (Å²) in [5, 5.41) is 5.38. The van der Waals surface area contributed by atoms with Crippen molar-refractivity contribution in [2.24, 2.45) is 0 Å². The Kier molecular flexibility index (Phi) is 7.89. The lowest BCUT2D eigenvalue weighted by Gasteiger charge is -2.22. The van der Waals surface area contributed by atoms with E-state index in [0.29, 0.717) is 13.0 Å². The van der Waals surface area contributed by atoms with E-state index >= 15 is 0 Å². The Hall–Kier alpha value is -2.29. The van der Waals surface area contributed by atoms with Gasteiger partial charge in [-0.05, 0) is 57.7 Å². The maximum absolute atomic E-state index is 12.4. The minimum atomic E-state index is -3.93. The lowest BCUT2D eigenvalue weighted by Crippen LogP contribution is -2.45. The first-order chi connectivity index (χ1) is 13.5. The number of hydrogen-bond donors (Lipinski definition) is 3. The monoisotopic (exact) mass is 425 g/mol. The smallest absolute Gasteiger partial charge is 0.407 e. The highest BCUT2D eigenvalue weighted by molar-refractivity contribution is 7.90. The first-order valence-corrected chi connectivity index (χ1v) is 11.4. The van der Waals surface area contributed by atoms with E-state index in [-0.39, 0.29) is 10.9 Å². The van der Waals surface area contributed by atoms with Crippen molar-refractivity contribution in [3.8, 4) is 0 Å². The molecule has 1 fully saturated rings.